The largest absolute Gasteiger partial charge is 0.508 e. The van der Waals surface area contributed by atoms with Gasteiger partial charge in [-0.25, -0.2) is 0 Å². The van der Waals surface area contributed by atoms with Crippen LogP contribution in [0.25, 0.3) is 17.0 Å². The Morgan fingerprint density at radius 2 is 1.92 bits per heavy atom. The van der Waals surface area contributed by atoms with Crippen LogP contribution in [0, 0.1) is 11.3 Å². The lowest BCUT2D eigenvalue weighted by molar-refractivity contribution is -0.112. The Morgan fingerprint density at radius 1 is 1.21 bits per heavy atom. The SMILES string of the molecule is Cn1cc(/C=C(/C#N)C(=O)Nc2ccc(O)cc2)c2ccccc21. The first-order valence-electron chi connectivity index (χ1n) is 7.35. The van der Waals surface area contributed by atoms with Crippen LogP contribution in [-0.4, -0.2) is 15.6 Å². The molecule has 0 aliphatic carbocycles. The number of phenols is 1. The molecule has 5 heteroatoms. The van der Waals surface area contributed by atoms with E-state index in [2.05, 4.69) is 5.32 Å². The molecule has 5 nitrogen and oxygen atoms in total. The molecule has 0 fully saturated rings. The highest BCUT2D eigenvalue weighted by molar-refractivity contribution is 6.10. The molecule has 0 spiro atoms. The van der Waals surface area contributed by atoms with E-state index in [1.165, 1.54) is 12.1 Å². The van der Waals surface area contributed by atoms with E-state index < -0.39 is 5.91 Å². The average molecular weight is 317 g/mol. The van der Waals surface area contributed by atoms with Crippen LogP contribution in [0.5, 0.6) is 5.75 Å². The number of carbonyl (C=O) groups is 1. The number of nitrogens with zero attached hydrogens (tertiary/aromatic N) is 2. The number of aromatic nitrogens is 1. The van der Waals surface area contributed by atoms with Crippen molar-refractivity contribution in [3.05, 3.63) is 65.9 Å². The third kappa shape index (κ3) is 2.99. The molecular weight excluding hydrogens is 302 g/mol. The predicted molar refractivity (Wildman–Crippen MR) is 93.2 cm³/mol. The topological polar surface area (TPSA) is 78.0 Å². The molecule has 1 heterocycles. The average Bonchev–Trinajstić information content (AvgIpc) is 2.91. The summed E-state index contributed by atoms with van der Waals surface area (Å²) < 4.78 is 1.95. The zero-order valence-electron chi connectivity index (χ0n) is 13.0. The lowest BCUT2D eigenvalue weighted by Crippen LogP contribution is -2.13. The molecule has 0 saturated heterocycles. The molecule has 2 aromatic carbocycles. The van der Waals surface area contributed by atoms with Crippen molar-refractivity contribution >= 4 is 28.6 Å². The molecular formula is C19H15N3O2. The molecule has 3 rings (SSSR count). The van der Waals surface area contributed by atoms with Crippen LogP contribution >= 0.6 is 0 Å². The fraction of sp³-hybridized carbons (Fsp3) is 0.0526. The first-order valence-corrected chi connectivity index (χ1v) is 7.35. The Bertz CT molecular complexity index is 976. The van der Waals surface area contributed by atoms with Crippen LogP contribution in [0.1, 0.15) is 5.56 Å². The van der Waals surface area contributed by atoms with Gasteiger partial charge in [0.25, 0.3) is 5.91 Å². The summed E-state index contributed by atoms with van der Waals surface area (Å²) in [6.45, 7) is 0. The Labute approximate surface area is 139 Å². The van der Waals surface area contributed by atoms with Crippen LogP contribution in [-0.2, 0) is 11.8 Å². The molecule has 1 aromatic heterocycles. The third-order valence-electron chi connectivity index (χ3n) is 3.72. The van der Waals surface area contributed by atoms with Gasteiger partial charge >= 0.3 is 0 Å². The summed E-state index contributed by atoms with van der Waals surface area (Å²) in [5, 5.41) is 22.2. The lowest BCUT2D eigenvalue weighted by Gasteiger charge is -2.04. The third-order valence-corrected chi connectivity index (χ3v) is 3.72. The smallest absolute Gasteiger partial charge is 0.266 e. The quantitative estimate of drug-likeness (QED) is 0.441. The summed E-state index contributed by atoms with van der Waals surface area (Å²) in [7, 11) is 1.92. The fourth-order valence-electron chi connectivity index (χ4n) is 2.54. The van der Waals surface area contributed by atoms with E-state index in [4.69, 9.17) is 0 Å². The van der Waals surface area contributed by atoms with E-state index in [9.17, 15) is 15.2 Å². The number of hydrogen-bond acceptors (Lipinski definition) is 3. The van der Waals surface area contributed by atoms with Gasteiger partial charge in [0, 0.05) is 35.4 Å². The number of rotatable bonds is 3. The first kappa shape index (κ1) is 15.4. The number of aryl methyl sites for hydroxylation is 1. The van der Waals surface area contributed by atoms with E-state index >= 15 is 0 Å². The summed E-state index contributed by atoms with van der Waals surface area (Å²) in [5.41, 5.74) is 2.36. The second-order valence-corrected chi connectivity index (χ2v) is 5.38. The standard InChI is InChI=1S/C19H15N3O2/c1-22-12-14(17-4-2-3-5-18(17)22)10-13(11-20)19(24)21-15-6-8-16(23)9-7-15/h2-10,12,23H,1H3,(H,21,24)/b13-10-. The number of nitrogens with one attached hydrogen (secondary N) is 1. The molecule has 0 bridgehead atoms. The summed E-state index contributed by atoms with van der Waals surface area (Å²) in [5.74, 6) is -0.379. The minimum absolute atomic E-state index is 0.0134. The lowest BCUT2D eigenvalue weighted by atomic mass is 10.1. The number of phenolic OH excluding ortho intramolecular Hbond substituents is 1. The van der Waals surface area contributed by atoms with Gasteiger partial charge in [0.2, 0.25) is 0 Å². The number of anilines is 1. The van der Waals surface area contributed by atoms with Crippen molar-refractivity contribution < 1.29 is 9.90 Å². The van der Waals surface area contributed by atoms with Crippen molar-refractivity contribution in [2.24, 2.45) is 7.05 Å². The predicted octanol–water partition coefficient (Wildman–Crippen LogP) is 3.43. The summed E-state index contributed by atoms with van der Waals surface area (Å²) in [6, 6.07) is 15.8. The zero-order valence-corrected chi connectivity index (χ0v) is 13.0. The monoisotopic (exact) mass is 317 g/mol. The van der Waals surface area contributed by atoms with E-state index in [1.54, 1.807) is 18.2 Å². The van der Waals surface area contributed by atoms with Gasteiger partial charge in [-0.05, 0) is 36.4 Å². The van der Waals surface area contributed by atoms with E-state index in [1.807, 2.05) is 48.1 Å². The van der Waals surface area contributed by atoms with Crippen LogP contribution in [0.3, 0.4) is 0 Å². The Morgan fingerprint density at radius 3 is 2.62 bits per heavy atom. The normalized spacial score (nSPS) is 11.2. The highest BCUT2D eigenvalue weighted by atomic mass is 16.3. The number of carbonyl (C=O) groups excluding carboxylic acids is 1. The number of benzene rings is 2. The number of para-hydroxylation sites is 1. The molecule has 0 saturated carbocycles. The maximum Gasteiger partial charge on any atom is 0.266 e. The molecule has 0 radical (unpaired) electrons. The molecule has 1 amide bonds. The van der Waals surface area contributed by atoms with Crippen LogP contribution < -0.4 is 5.32 Å². The highest BCUT2D eigenvalue weighted by Gasteiger charge is 2.12. The van der Waals surface area contributed by atoms with E-state index in [0.29, 0.717) is 5.69 Å². The van der Waals surface area contributed by atoms with Crippen molar-refractivity contribution in [1.82, 2.24) is 4.57 Å². The first-order chi connectivity index (χ1) is 11.6. The second-order valence-electron chi connectivity index (χ2n) is 5.38. The Balaban J connectivity index is 1.92. The Kier molecular flexibility index (Phi) is 4.04. The van der Waals surface area contributed by atoms with Crippen LogP contribution in [0.2, 0.25) is 0 Å². The molecule has 24 heavy (non-hydrogen) atoms. The van der Waals surface area contributed by atoms with Gasteiger partial charge < -0.3 is 15.0 Å². The van der Waals surface area contributed by atoms with Gasteiger partial charge in [-0.2, -0.15) is 5.26 Å². The number of amides is 1. The summed E-state index contributed by atoms with van der Waals surface area (Å²) >= 11 is 0. The van der Waals surface area contributed by atoms with Gasteiger partial charge in [-0.3, -0.25) is 4.79 Å². The number of nitriles is 1. The van der Waals surface area contributed by atoms with Crippen molar-refractivity contribution in [3.8, 4) is 11.8 Å². The summed E-state index contributed by atoms with van der Waals surface area (Å²) in [4.78, 5) is 12.3. The van der Waals surface area contributed by atoms with Crippen LogP contribution in [0.15, 0.2) is 60.3 Å². The maximum atomic E-state index is 12.3. The molecule has 0 aliphatic heterocycles. The Hall–Kier alpha value is -3.52. The highest BCUT2D eigenvalue weighted by Crippen LogP contribution is 2.23. The van der Waals surface area contributed by atoms with E-state index in [-0.39, 0.29) is 11.3 Å². The van der Waals surface area contributed by atoms with Gasteiger partial charge in [0.15, 0.2) is 0 Å². The fourth-order valence-corrected chi connectivity index (χ4v) is 2.54. The van der Waals surface area contributed by atoms with Crippen molar-refractivity contribution in [2.75, 3.05) is 5.32 Å². The van der Waals surface area contributed by atoms with Gasteiger partial charge in [-0.1, -0.05) is 18.2 Å². The molecule has 2 N–H and O–H groups in total. The minimum atomic E-state index is -0.490. The summed E-state index contributed by atoms with van der Waals surface area (Å²) in [6.07, 6.45) is 3.47. The number of hydrogen-bond donors (Lipinski definition) is 2. The molecule has 0 unspecified atom stereocenters. The minimum Gasteiger partial charge on any atom is -0.508 e. The van der Waals surface area contributed by atoms with Gasteiger partial charge in [0.1, 0.15) is 17.4 Å². The van der Waals surface area contributed by atoms with Crippen molar-refractivity contribution in [2.45, 2.75) is 0 Å². The molecule has 118 valence electrons. The molecule has 3 aromatic rings. The zero-order chi connectivity index (χ0) is 17.1. The van der Waals surface area contributed by atoms with Gasteiger partial charge in [0.05, 0.1) is 0 Å². The van der Waals surface area contributed by atoms with E-state index in [0.717, 1.165) is 16.5 Å². The number of aromatic hydroxyl groups is 1. The van der Waals surface area contributed by atoms with Crippen molar-refractivity contribution in [3.63, 3.8) is 0 Å². The molecule has 0 aliphatic rings. The maximum absolute atomic E-state index is 12.3. The molecule has 0 atom stereocenters. The number of fused-ring (bicyclic) bond motifs is 1. The second kappa shape index (κ2) is 6.31. The van der Waals surface area contributed by atoms with Crippen LogP contribution in [0.4, 0.5) is 5.69 Å². The van der Waals surface area contributed by atoms with Crippen molar-refractivity contribution in [1.29, 1.82) is 5.26 Å². The van der Waals surface area contributed by atoms with Gasteiger partial charge in [-0.15, -0.1) is 0 Å².